The van der Waals surface area contributed by atoms with Crippen molar-refractivity contribution in [2.24, 2.45) is 0 Å². The Labute approximate surface area is 228 Å². The van der Waals surface area contributed by atoms with Gasteiger partial charge in [0.15, 0.2) is 5.78 Å². The zero-order valence-corrected chi connectivity index (χ0v) is 21.8. The van der Waals surface area contributed by atoms with Crippen LogP contribution in [0.5, 0.6) is 0 Å². The van der Waals surface area contributed by atoms with Crippen LogP contribution in [0.3, 0.4) is 0 Å². The summed E-state index contributed by atoms with van der Waals surface area (Å²) in [4.78, 5) is 29.8. The number of amides is 1. The van der Waals surface area contributed by atoms with Gasteiger partial charge in [-0.1, -0.05) is 35.0 Å². The van der Waals surface area contributed by atoms with Crippen LogP contribution >= 0.6 is 11.6 Å². The molecule has 2 N–H and O–H groups in total. The largest absolute Gasteiger partial charge is 0.339 e. The monoisotopic (exact) mass is 546 g/mol. The van der Waals surface area contributed by atoms with Gasteiger partial charge in [0.05, 0.1) is 30.1 Å². The number of nitrogens with zero attached hydrogens (tertiary/aromatic N) is 4. The Kier molecular flexibility index (Phi) is 6.44. The predicted octanol–water partition coefficient (Wildman–Crippen LogP) is 4.40. The molecule has 9 nitrogen and oxygen atoms in total. The molecule has 11 heteroatoms. The van der Waals surface area contributed by atoms with Gasteiger partial charge in [0, 0.05) is 18.0 Å². The Bertz CT molecular complexity index is 1590. The van der Waals surface area contributed by atoms with Gasteiger partial charge in [-0.2, -0.15) is 15.2 Å². The number of nitrogens with one attached hydrogen (secondary N) is 2. The van der Waals surface area contributed by atoms with Gasteiger partial charge >= 0.3 is 0 Å². The number of hydrogen-bond acceptors (Lipinski definition) is 8. The number of hydrogen-bond donors (Lipinski definition) is 2. The zero-order valence-electron chi connectivity index (χ0n) is 21.0. The Morgan fingerprint density at radius 3 is 2.74 bits per heavy atom. The van der Waals surface area contributed by atoms with Crippen LogP contribution < -0.4 is 10.6 Å². The molecule has 2 aliphatic rings. The number of aromatic nitrogens is 4. The van der Waals surface area contributed by atoms with Crippen LogP contribution in [-0.4, -0.2) is 44.1 Å². The van der Waals surface area contributed by atoms with E-state index >= 15 is 4.39 Å². The Morgan fingerprint density at radius 1 is 1.18 bits per heavy atom. The third-order valence-corrected chi connectivity index (χ3v) is 7.55. The van der Waals surface area contributed by atoms with E-state index in [1.54, 1.807) is 19.1 Å². The molecular weight excluding hydrogens is 523 g/mol. The highest BCUT2D eigenvalue weighted by molar-refractivity contribution is 6.31. The second kappa shape index (κ2) is 9.94. The van der Waals surface area contributed by atoms with E-state index in [2.05, 4.69) is 31.0 Å². The Hall–Kier alpha value is -4.02. The molecule has 2 aliphatic carbocycles. The lowest BCUT2D eigenvalue weighted by Crippen LogP contribution is -2.47. The standard InChI is InChI=1S/C28H24ClFN6O3/c1-15-34-26(36-39-15)25-21(11-19(29)12-22(25)30)17-2-4-20-16(10-17)3-5-23(20)31-14-24(37)28(7-8-28)35-27(38)18-6-9-32-33-13-18/h2,4,6,9-13,23,31H,3,5,7-8,14H2,1H3,(H,35,38). The van der Waals surface area contributed by atoms with E-state index in [0.29, 0.717) is 29.9 Å². The van der Waals surface area contributed by atoms with Crippen LogP contribution in [-0.2, 0) is 11.2 Å². The first-order valence-electron chi connectivity index (χ1n) is 12.6. The lowest BCUT2D eigenvalue weighted by molar-refractivity contribution is -0.121. The molecule has 0 bridgehead atoms. The number of aryl methyl sites for hydroxylation is 2. The summed E-state index contributed by atoms with van der Waals surface area (Å²) in [5.41, 5.74) is 3.32. The van der Waals surface area contributed by atoms with Gasteiger partial charge in [-0.25, -0.2) is 4.39 Å². The minimum atomic E-state index is -0.834. The summed E-state index contributed by atoms with van der Waals surface area (Å²) < 4.78 is 20.1. The third kappa shape index (κ3) is 4.93. The molecule has 1 fully saturated rings. The van der Waals surface area contributed by atoms with Crippen molar-refractivity contribution in [3.8, 4) is 22.5 Å². The molecule has 0 radical (unpaired) electrons. The maximum atomic E-state index is 15.0. The van der Waals surface area contributed by atoms with Crippen molar-refractivity contribution in [2.75, 3.05) is 6.54 Å². The lowest BCUT2D eigenvalue weighted by Gasteiger charge is -2.19. The lowest BCUT2D eigenvalue weighted by atomic mass is 9.95. The molecule has 2 heterocycles. The fourth-order valence-corrected chi connectivity index (χ4v) is 5.33. The molecule has 198 valence electrons. The van der Waals surface area contributed by atoms with Crippen LogP contribution in [0, 0.1) is 12.7 Å². The SMILES string of the molecule is Cc1nc(-c2c(F)cc(Cl)cc2-c2ccc3c(c2)CCC3NCC(=O)C2(NC(=O)c3ccnnc3)CC2)no1. The number of Topliss-reactive ketones (excluding diaryl/α,β-unsaturated/α-hetero) is 1. The molecule has 1 unspecified atom stereocenters. The Morgan fingerprint density at radius 2 is 2.03 bits per heavy atom. The summed E-state index contributed by atoms with van der Waals surface area (Å²) in [6.45, 7) is 1.79. The molecule has 2 aromatic heterocycles. The molecule has 2 aromatic carbocycles. The van der Waals surface area contributed by atoms with Gasteiger partial charge in [-0.05, 0) is 66.1 Å². The number of halogens is 2. The summed E-state index contributed by atoms with van der Waals surface area (Å²) in [6.07, 6.45) is 5.65. The highest BCUT2D eigenvalue weighted by Crippen LogP contribution is 2.40. The van der Waals surface area contributed by atoms with E-state index in [9.17, 15) is 9.59 Å². The van der Waals surface area contributed by atoms with E-state index < -0.39 is 11.4 Å². The van der Waals surface area contributed by atoms with Crippen molar-refractivity contribution in [3.63, 3.8) is 0 Å². The van der Waals surface area contributed by atoms with Crippen molar-refractivity contribution < 1.29 is 18.5 Å². The smallest absolute Gasteiger partial charge is 0.253 e. The van der Waals surface area contributed by atoms with Gasteiger partial charge in [-0.15, -0.1) is 0 Å². The van der Waals surface area contributed by atoms with Crippen molar-refractivity contribution in [2.45, 2.75) is 44.2 Å². The number of carbonyl (C=O) groups is 2. The summed E-state index contributed by atoms with van der Waals surface area (Å²) >= 11 is 6.21. The minimum Gasteiger partial charge on any atom is -0.339 e. The van der Waals surface area contributed by atoms with E-state index in [1.807, 2.05) is 18.2 Å². The van der Waals surface area contributed by atoms with E-state index in [-0.39, 0.29) is 40.7 Å². The van der Waals surface area contributed by atoms with Gasteiger partial charge in [0.25, 0.3) is 5.91 Å². The summed E-state index contributed by atoms with van der Waals surface area (Å²) in [5.74, 6) is -0.404. The molecule has 0 aliphatic heterocycles. The van der Waals surface area contributed by atoms with Gasteiger partial charge in [0.2, 0.25) is 11.7 Å². The molecule has 1 saturated carbocycles. The van der Waals surface area contributed by atoms with Crippen LogP contribution in [0.1, 0.15) is 52.7 Å². The number of benzene rings is 2. The molecule has 1 atom stereocenters. The highest BCUT2D eigenvalue weighted by atomic mass is 35.5. The van der Waals surface area contributed by atoms with Crippen molar-refractivity contribution in [1.82, 2.24) is 31.0 Å². The van der Waals surface area contributed by atoms with Crippen LogP contribution in [0.4, 0.5) is 4.39 Å². The first kappa shape index (κ1) is 25.3. The molecule has 4 aromatic rings. The number of rotatable bonds is 8. The third-order valence-electron chi connectivity index (χ3n) is 7.33. The van der Waals surface area contributed by atoms with Gasteiger partial charge in [0.1, 0.15) is 11.4 Å². The minimum absolute atomic E-state index is 0.00989. The van der Waals surface area contributed by atoms with E-state index in [0.717, 1.165) is 29.5 Å². The van der Waals surface area contributed by atoms with Crippen molar-refractivity contribution in [1.29, 1.82) is 0 Å². The summed E-state index contributed by atoms with van der Waals surface area (Å²) in [6, 6.07) is 10.4. The molecular formula is C28H24ClFN6O3. The first-order chi connectivity index (χ1) is 18.8. The second-order valence-corrected chi connectivity index (χ2v) is 10.4. The van der Waals surface area contributed by atoms with Crippen molar-refractivity contribution >= 4 is 23.3 Å². The molecule has 6 rings (SSSR count). The second-order valence-electron chi connectivity index (χ2n) is 9.92. The molecule has 0 saturated heterocycles. The number of fused-ring (bicyclic) bond motifs is 1. The summed E-state index contributed by atoms with van der Waals surface area (Å²) in [7, 11) is 0. The first-order valence-corrected chi connectivity index (χ1v) is 13.0. The van der Waals surface area contributed by atoms with Crippen LogP contribution in [0.25, 0.3) is 22.5 Å². The summed E-state index contributed by atoms with van der Waals surface area (Å²) in [5, 5.41) is 17.8. The van der Waals surface area contributed by atoms with Crippen LogP contribution in [0.2, 0.25) is 5.02 Å². The van der Waals surface area contributed by atoms with E-state index in [1.165, 1.54) is 18.5 Å². The number of carbonyl (C=O) groups excluding carboxylic acids is 2. The predicted molar refractivity (Wildman–Crippen MR) is 140 cm³/mol. The molecule has 1 amide bonds. The topological polar surface area (TPSA) is 123 Å². The average molecular weight is 547 g/mol. The normalized spacial score (nSPS) is 17.1. The fourth-order valence-electron chi connectivity index (χ4n) is 5.12. The molecule has 0 spiro atoms. The average Bonchev–Trinajstić information content (AvgIpc) is 3.40. The van der Waals surface area contributed by atoms with Crippen molar-refractivity contribution in [3.05, 3.63) is 82.2 Å². The van der Waals surface area contributed by atoms with Crippen LogP contribution in [0.15, 0.2) is 53.3 Å². The maximum absolute atomic E-state index is 15.0. The zero-order chi connectivity index (χ0) is 27.1. The fraction of sp³-hybridized carbons (Fsp3) is 0.286. The molecule has 39 heavy (non-hydrogen) atoms. The van der Waals surface area contributed by atoms with E-state index in [4.69, 9.17) is 16.1 Å². The maximum Gasteiger partial charge on any atom is 0.253 e. The van der Waals surface area contributed by atoms with Gasteiger partial charge in [-0.3, -0.25) is 9.59 Å². The van der Waals surface area contributed by atoms with Gasteiger partial charge < -0.3 is 15.2 Å². The number of ketones is 1. The highest BCUT2D eigenvalue weighted by Gasteiger charge is 2.50. The quantitative estimate of drug-likeness (QED) is 0.333. The Balaban J connectivity index is 1.17.